The Labute approximate surface area is 83.3 Å². The molecule has 0 heterocycles. The van der Waals surface area contributed by atoms with E-state index in [9.17, 15) is 18.0 Å². The van der Waals surface area contributed by atoms with Gasteiger partial charge in [-0.3, -0.25) is 4.79 Å². The van der Waals surface area contributed by atoms with E-state index in [1.807, 2.05) is 0 Å². The molecule has 0 fully saturated rings. The Bertz CT molecular complexity index is 395. The maximum atomic E-state index is 13.0. The molecule has 1 rings (SSSR count). The van der Waals surface area contributed by atoms with Gasteiger partial charge in [0, 0.05) is 12.0 Å². The lowest BCUT2D eigenvalue weighted by Crippen LogP contribution is -2.33. The van der Waals surface area contributed by atoms with E-state index < -0.39 is 41.4 Å². The number of benzene rings is 1. The Kier molecular flexibility index (Phi) is 3.31. The number of hydrogen-bond acceptors (Lipinski definition) is 2. The highest BCUT2D eigenvalue weighted by atomic mass is 19.2. The molecule has 0 aliphatic rings. The number of rotatable bonds is 3. The molecule has 0 spiro atoms. The molecule has 82 valence electrons. The zero-order valence-corrected chi connectivity index (χ0v) is 7.51. The normalized spacial score (nSPS) is 12.5. The third kappa shape index (κ3) is 2.47. The van der Waals surface area contributed by atoms with Gasteiger partial charge in [0.2, 0.25) is 0 Å². The fourth-order valence-electron chi connectivity index (χ4n) is 1.06. The molecule has 0 aliphatic heterocycles. The van der Waals surface area contributed by atoms with Crippen molar-refractivity contribution < 1.29 is 23.1 Å². The van der Waals surface area contributed by atoms with Crippen molar-refractivity contribution in [2.45, 2.75) is 12.5 Å². The van der Waals surface area contributed by atoms with Gasteiger partial charge in [0.15, 0.2) is 11.6 Å². The first-order valence-electron chi connectivity index (χ1n) is 4.04. The summed E-state index contributed by atoms with van der Waals surface area (Å²) in [4.78, 5) is 10.3. The maximum absolute atomic E-state index is 13.0. The number of carboxylic acid groups (broad SMARTS) is 1. The van der Waals surface area contributed by atoms with Crippen molar-refractivity contribution in [3.8, 4) is 0 Å². The maximum Gasteiger partial charge on any atom is 0.320 e. The smallest absolute Gasteiger partial charge is 0.320 e. The zero-order valence-electron chi connectivity index (χ0n) is 7.51. The van der Waals surface area contributed by atoms with Crippen molar-refractivity contribution in [3.63, 3.8) is 0 Å². The first-order valence-corrected chi connectivity index (χ1v) is 4.04. The monoisotopic (exact) mass is 219 g/mol. The van der Waals surface area contributed by atoms with Gasteiger partial charge in [-0.05, 0) is 12.1 Å². The highest BCUT2D eigenvalue weighted by Crippen LogP contribution is 2.17. The van der Waals surface area contributed by atoms with Gasteiger partial charge >= 0.3 is 5.97 Å². The van der Waals surface area contributed by atoms with Crippen LogP contribution in [0.5, 0.6) is 0 Å². The standard InChI is InChI=1S/C9H8F3NO2/c10-5-1-2-6(11)8(12)4(5)3-7(13)9(14)15/h1-2,7H,3,13H2,(H,14,15). The average Bonchev–Trinajstić information content (AvgIpc) is 2.18. The van der Waals surface area contributed by atoms with Gasteiger partial charge in [-0.2, -0.15) is 0 Å². The first-order chi connectivity index (χ1) is 6.93. The van der Waals surface area contributed by atoms with Crippen LogP contribution in [-0.2, 0) is 11.2 Å². The number of halogens is 3. The molecule has 3 nitrogen and oxygen atoms in total. The minimum absolute atomic E-state index is 0.593. The van der Waals surface area contributed by atoms with Crippen LogP contribution in [0.15, 0.2) is 12.1 Å². The summed E-state index contributed by atoms with van der Waals surface area (Å²) in [6, 6.07) is -0.112. The van der Waals surface area contributed by atoms with Crippen molar-refractivity contribution in [1.82, 2.24) is 0 Å². The summed E-state index contributed by atoms with van der Waals surface area (Å²) in [5.74, 6) is -5.04. The van der Waals surface area contributed by atoms with Crippen LogP contribution in [-0.4, -0.2) is 17.1 Å². The molecule has 6 heteroatoms. The fraction of sp³-hybridized carbons (Fsp3) is 0.222. The molecular weight excluding hydrogens is 211 g/mol. The van der Waals surface area contributed by atoms with Crippen molar-refractivity contribution in [2.24, 2.45) is 5.73 Å². The van der Waals surface area contributed by atoms with Crippen molar-refractivity contribution in [2.75, 3.05) is 0 Å². The van der Waals surface area contributed by atoms with E-state index in [0.29, 0.717) is 6.07 Å². The van der Waals surface area contributed by atoms with Crippen LogP contribution in [0.3, 0.4) is 0 Å². The van der Waals surface area contributed by atoms with Crippen molar-refractivity contribution in [3.05, 3.63) is 35.1 Å². The number of aliphatic carboxylic acids is 1. The molecule has 0 aromatic heterocycles. The number of carbonyl (C=O) groups is 1. The quantitative estimate of drug-likeness (QED) is 0.747. The molecule has 0 amide bonds. The van der Waals surface area contributed by atoms with Gasteiger partial charge < -0.3 is 10.8 Å². The van der Waals surface area contributed by atoms with Crippen LogP contribution in [0.2, 0.25) is 0 Å². The highest BCUT2D eigenvalue weighted by Gasteiger charge is 2.20. The SMILES string of the molecule is NC(Cc1c(F)ccc(F)c1F)C(=O)O. The largest absolute Gasteiger partial charge is 0.480 e. The van der Waals surface area contributed by atoms with Gasteiger partial charge in [-0.25, -0.2) is 13.2 Å². The first kappa shape index (κ1) is 11.5. The highest BCUT2D eigenvalue weighted by molar-refractivity contribution is 5.73. The lowest BCUT2D eigenvalue weighted by atomic mass is 10.1. The summed E-state index contributed by atoms with van der Waals surface area (Å²) in [7, 11) is 0. The second kappa shape index (κ2) is 4.31. The third-order valence-electron chi connectivity index (χ3n) is 1.88. The molecule has 0 bridgehead atoms. The molecule has 1 aromatic rings. The molecule has 1 aromatic carbocycles. The number of carboxylic acids is 1. The Hall–Kier alpha value is -1.56. The van der Waals surface area contributed by atoms with Crippen LogP contribution < -0.4 is 5.73 Å². The molecule has 0 saturated carbocycles. The molecule has 0 aliphatic carbocycles. The van der Waals surface area contributed by atoms with Crippen LogP contribution in [0.1, 0.15) is 5.56 Å². The summed E-state index contributed by atoms with van der Waals surface area (Å²) in [6.07, 6.45) is -0.593. The summed E-state index contributed by atoms with van der Waals surface area (Å²) >= 11 is 0. The van der Waals surface area contributed by atoms with E-state index in [4.69, 9.17) is 10.8 Å². The van der Waals surface area contributed by atoms with E-state index in [0.717, 1.165) is 6.07 Å². The molecule has 15 heavy (non-hydrogen) atoms. The van der Waals surface area contributed by atoms with Gasteiger partial charge in [0.25, 0.3) is 0 Å². The Morgan fingerprint density at radius 3 is 2.40 bits per heavy atom. The van der Waals surface area contributed by atoms with E-state index in [-0.39, 0.29) is 0 Å². The predicted molar refractivity (Wildman–Crippen MR) is 45.6 cm³/mol. The minimum atomic E-state index is -1.46. The summed E-state index contributed by atoms with van der Waals surface area (Å²) in [5, 5.41) is 8.43. The third-order valence-corrected chi connectivity index (χ3v) is 1.88. The van der Waals surface area contributed by atoms with Crippen LogP contribution in [0.25, 0.3) is 0 Å². The van der Waals surface area contributed by atoms with E-state index in [1.54, 1.807) is 0 Å². The molecule has 0 saturated heterocycles. The zero-order chi connectivity index (χ0) is 11.6. The number of nitrogens with two attached hydrogens (primary N) is 1. The van der Waals surface area contributed by atoms with Crippen LogP contribution in [0, 0.1) is 17.5 Å². The Morgan fingerprint density at radius 1 is 1.33 bits per heavy atom. The second-order valence-corrected chi connectivity index (χ2v) is 2.97. The predicted octanol–water partition coefficient (Wildman–Crippen LogP) is 1.06. The van der Waals surface area contributed by atoms with E-state index >= 15 is 0 Å². The van der Waals surface area contributed by atoms with Gasteiger partial charge in [-0.15, -0.1) is 0 Å². The lowest BCUT2D eigenvalue weighted by molar-refractivity contribution is -0.138. The van der Waals surface area contributed by atoms with Crippen molar-refractivity contribution in [1.29, 1.82) is 0 Å². The van der Waals surface area contributed by atoms with Crippen LogP contribution in [0.4, 0.5) is 13.2 Å². The summed E-state index contributed by atoms with van der Waals surface area (Å²) in [6.45, 7) is 0. The molecular formula is C9H8F3NO2. The molecule has 1 atom stereocenters. The second-order valence-electron chi connectivity index (χ2n) is 2.97. The summed E-state index contributed by atoms with van der Waals surface area (Å²) in [5.41, 5.74) is 4.43. The molecule has 1 unspecified atom stereocenters. The van der Waals surface area contributed by atoms with Gasteiger partial charge in [0.05, 0.1) is 0 Å². The van der Waals surface area contributed by atoms with Gasteiger partial charge in [0.1, 0.15) is 11.9 Å². The Morgan fingerprint density at radius 2 is 1.87 bits per heavy atom. The van der Waals surface area contributed by atoms with E-state index in [2.05, 4.69) is 0 Å². The molecule has 0 radical (unpaired) electrons. The van der Waals surface area contributed by atoms with Crippen molar-refractivity contribution >= 4 is 5.97 Å². The fourth-order valence-corrected chi connectivity index (χ4v) is 1.06. The van der Waals surface area contributed by atoms with E-state index in [1.165, 1.54) is 0 Å². The lowest BCUT2D eigenvalue weighted by Gasteiger charge is -2.08. The average molecular weight is 219 g/mol. The van der Waals surface area contributed by atoms with Crippen LogP contribution >= 0.6 is 0 Å². The summed E-state index contributed by atoms with van der Waals surface area (Å²) < 4.78 is 38.7. The number of hydrogen-bond donors (Lipinski definition) is 2. The molecule has 3 N–H and O–H groups in total. The van der Waals surface area contributed by atoms with Gasteiger partial charge in [-0.1, -0.05) is 0 Å². The minimum Gasteiger partial charge on any atom is -0.480 e. The Balaban J connectivity index is 3.03. The topological polar surface area (TPSA) is 63.3 Å².